The van der Waals surface area contributed by atoms with E-state index >= 15 is 0 Å². The molecule has 0 radical (unpaired) electrons. The molecule has 5 nitrogen and oxygen atoms in total. The first-order valence-electron chi connectivity index (χ1n) is 8.85. The molecule has 3 aromatic rings. The van der Waals surface area contributed by atoms with Crippen LogP contribution >= 0.6 is 0 Å². The molecule has 0 aliphatic heterocycles. The van der Waals surface area contributed by atoms with Crippen LogP contribution < -0.4 is 4.18 Å². The van der Waals surface area contributed by atoms with E-state index in [-0.39, 0.29) is 11.3 Å². The molecule has 1 aliphatic carbocycles. The topological polar surface area (TPSA) is 76.2 Å². The van der Waals surface area contributed by atoms with Gasteiger partial charge in [-0.05, 0) is 35.4 Å². The Labute approximate surface area is 170 Å². The van der Waals surface area contributed by atoms with Crippen LogP contribution in [0.3, 0.4) is 0 Å². The Morgan fingerprint density at radius 2 is 1.83 bits per heavy atom. The first-order chi connectivity index (χ1) is 13.9. The molecule has 2 aromatic carbocycles. The van der Waals surface area contributed by atoms with Crippen molar-refractivity contribution in [1.82, 2.24) is 4.98 Å². The van der Waals surface area contributed by atoms with Crippen LogP contribution in [-0.4, -0.2) is 24.7 Å². The summed E-state index contributed by atoms with van der Waals surface area (Å²) < 4.78 is 65.0. The van der Waals surface area contributed by atoms with Crippen molar-refractivity contribution in [2.24, 2.45) is 0 Å². The summed E-state index contributed by atoms with van der Waals surface area (Å²) in [7, 11) is -5.82. The lowest BCUT2D eigenvalue weighted by Gasteiger charge is -2.32. The monoisotopic (exact) mass is 435 g/mol. The smallest absolute Gasteiger partial charge is 0.376 e. The van der Waals surface area contributed by atoms with Gasteiger partial charge in [-0.2, -0.15) is 21.6 Å². The molecule has 0 bridgehead atoms. The average molecular weight is 435 g/mol. The van der Waals surface area contributed by atoms with Crippen LogP contribution in [0.4, 0.5) is 13.2 Å². The van der Waals surface area contributed by atoms with Gasteiger partial charge in [0.1, 0.15) is 5.75 Å². The fourth-order valence-electron chi connectivity index (χ4n) is 3.78. The summed E-state index contributed by atoms with van der Waals surface area (Å²) in [5, 5.41) is 0.722. The number of hydrogen-bond donors (Lipinski definition) is 1. The number of alkyl halides is 3. The van der Waals surface area contributed by atoms with Gasteiger partial charge in [0, 0.05) is 27.6 Å². The number of ketones is 1. The van der Waals surface area contributed by atoms with E-state index in [1.807, 2.05) is 18.2 Å². The van der Waals surface area contributed by atoms with Crippen molar-refractivity contribution in [3.63, 3.8) is 0 Å². The molecule has 0 amide bonds. The number of carbonyl (C=O) groups is 1. The van der Waals surface area contributed by atoms with Crippen LogP contribution in [0.15, 0.2) is 43.0 Å². The normalized spacial score (nSPS) is 15.6. The van der Waals surface area contributed by atoms with E-state index in [4.69, 9.17) is 0 Å². The largest absolute Gasteiger partial charge is 0.534 e. The number of carbonyl (C=O) groups excluding carboxylic acids is 1. The molecule has 30 heavy (non-hydrogen) atoms. The molecule has 4 rings (SSSR count). The van der Waals surface area contributed by atoms with Gasteiger partial charge < -0.3 is 9.17 Å². The highest BCUT2D eigenvalue weighted by Gasteiger charge is 2.49. The number of rotatable bonds is 3. The summed E-state index contributed by atoms with van der Waals surface area (Å²) in [6.45, 7) is 7.32. The predicted molar refractivity (Wildman–Crippen MR) is 106 cm³/mol. The van der Waals surface area contributed by atoms with Crippen molar-refractivity contribution >= 4 is 32.9 Å². The quantitative estimate of drug-likeness (QED) is 0.469. The van der Waals surface area contributed by atoms with Gasteiger partial charge in [0.2, 0.25) is 0 Å². The number of aromatic amines is 1. The third-order valence-electron chi connectivity index (χ3n) is 5.31. The molecule has 0 fully saturated rings. The summed E-state index contributed by atoms with van der Waals surface area (Å²) in [5.74, 6) is -0.817. The van der Waals surface area contributed by atoms with Gasteiger partial charge >= 0.3 is 15.6 Å². The lowest BCUT2D eigenvalue weighted by molar-refractivity contribution is -0.0500. The Bertz CT molecular complexity index is 1330. The molecule has 9 heteroatoms. The SMILES string of the molecule is C=Cc1ccc2c3c([nH]c2c1)C(C)(C)c1cc(OS(=O)(=O)C(F)(F)F)ccc1C3=O. The summed E-state index contributed by atoms with van der Waals surface area (Å²) >= 11 is 0. The predicted octanol–water partition coefficient (Wildman–Crippen LogP) is 4.91. The number of fused-ring (bicyclic) bond motifs is 4. The van der Waals surface area contributed by atoms with E-state index in [1.165, 1.54) is 12.1 Å². The van der Waals surface area contributed by atoms with Crippen molar-refractivity contribution in [3.05, 3.63) is 70.9 Å². The molecule has 0 spiro atoms. The summed E-state index contributed by atoms with van der Waals surface area (Å²) in [6.07, 6.45) is 1.67. The molecule has 0 unspecified atom stereocenters. The number of H-pyrrole nitrogens is 1. The lowest BCUT2D eigenvalue weighted by Crippen LogP contribution is -2.31. The zero-order valence-electron chi connectivity index (χ0n) is 15.9. The third-order valence-corrected chi connectivity index (χ3v) is 6.29. The number of benzene rings is 2. The molecule has 1 heterocycles. The molecular weight excluding hydrogens is 419 g/mol. The minimum atomic E-state index is -5.82. The third kappa shape index (κ3) is 2.84. The first kappa shape index (κ1) is 20.2. The van der Waals surface area contributed by atoms with Crippen LogP contribution in [0, 0.1) is 0 Å². The maximum absolute atomic E-state index is 13.2. The van der Waals surface area contributed by atoms with E-state index in [2.05, 4.69) is 15.7 Å². The van der Waals surface area contributed by atoms with Crippen LogP contribution in [0.5, 0.6) is 5.75 Å². The van der Waals surface area contributed by atoms with Crippen LogP contribution in [0.1, 0.15) is 46.6 Å². The van der Waals surface area contributed by atoms with Gasteiger partial charge in [-0.3, -0.25) is 4.79 Å². The van der Waals surface area contributed by atoms with Crippen molar-refractivity contribution < 1.29 is 30.6 Å². The zero-order valence-corrected chi connectivity index (χ0v) is 16.7. The van der Waals surface area contributed by atoms with Crippen molar-refractivity contribution in [1.29, 1.82) is 0 Å². The van der Waals surface area contributed by atoms with E-state index in [1.54, 1.807) is 19.9 Å². The van der Waals surface area contributed by atoms with Crippen molar-refractivity contribution in [2.45, 2.75) is 24.8 Å². The minimum Gasteiger partial charge on any atom is -0.376 e. The summed E-state index contributed by atoms with van der Waals surface area (Å²) in [4.78, 5) is 16.4. The molecule has 0 saturated heterocycles. The average Bonchev–Trinajstić information content (AvgIpc) is 3.05. The summed E-state index contributed by atoms with van der Waals surface area (Å²) in [6, 6.07) is 9.00. The molecule has 0 atom stereocenters. The second-order valence-corrected chi connectivity index (χ2v) is 9.07. The zero-order chi connectivity index (χ0) is 22.1. The summed E-state index contributed by atoms with van der Waals surface area (Å²) in [5.41, 5.74) is -3.08. The highest BCUT2D eigenvalue weighted by Crippen LogP contribution is 2.45. The minimum absolute atomic E-state index is 0.276. The van der Waals surface area contributed by atoms with Gasteiger partial charge in [-0.1, -0.05) is 38.6 Å². The Hall–Kier alpha value is -3.07. The standard InChI is InChI=1S/C21H16F3NO4S/c1-4-11-5-7-14-16(9-11)25-19-17(14)18(26)13-8-6-12(10-15(13)20(19,2)3)29-30(27,28)21(22,23)24/h4-10,25H,1H2,2-3H3. The number of halogens is 3. The van der Waals surface area contributed by atoms with Crippen LogP contribution in [0.2, 0.25) is 0 Å². The Kier molecular flexibility index (Phi) is 4.19. The molecule has 1 aliphatic rings. The Morgan fingerprint density at radius 3 is 2.47 bits per heavy atom. The maximum Gasteiger partial charge on any atom is 0.534 e. The van der Waals surface area contributed by atoms with Crippen molar-refractivity contribution in [2.75, 3.05) is 0 Å². The number of aromatic nitrogens is 1. The Morgan fingerprint density at radius 1 is 1.13 bits per heavy atom. The van der Waals surface area contributed by atoms with Gasteiger partial charge in [-0.25, -0.2) is 0 Å². The fraction of sp³-hybridized carbons (Fsp3) is 0.190. The first-order valence-corrected chi connectivity index (χ1v) is 10.3. The lowest BCUT2D eigenvalue weighted by atomic mass is 9.71. The van der Waals surface area contributed by atoms with E-state index in [9.17, 15) is 26.4 Å². The molecule has 1 aromatic heterocycles. The van der Waals surface area contributed by atoms with E-state index in [0.717, 1.165) is 22.5 Å². The Balaban J connectivity index is 1.88. The molecular formula is C21H16F3NO4S. The van der Waals surface area contributed by atoms with Gasteiger partial charge in [0.15, 0.2) is 5.78 Å². The molecule has 0 saturated carbocycles. The van der Waals surface area contributed by atoms with Gasteiger partial charge in [-0.15, -0.1) is 0 Å². The number of hydrogen-bond acceptors (Lipinski definition) is 4. The second kappa shape index (κ2) is 6.21. The van der Waals surface area contributed by atoms with Gasteiger partial charge in [0.25, 0.3) is 0 Å². The van der Waals surface area contributed by atoms with Crippen molar-refractivity contribution in [3.8, 4) is 5.75 Å². The maximum atomic E-state index is 13.2. The van der Waals surface area contributed by atoms with Crippen LogP contribution in [0.25, 0.3) is 17.0 Å². The second-order valence-electron chi connectivity index (χ2n) is 7.53. The fourth-order valence-corrected chi connectivity index (χ4v) is 4.23. The number of nitrogens with one attached hydrogen (secondary N) is 1. The van der Waals surface area contributed by atoms with E-state index in [0.29, 0.717) is 16.8 Å². The molecule has 1 N–H and O–H groups in total. The van der Waals surface area contributed by atoms with Crippen LogP contribution in [-0.2, 0) is 15.5 Å². The molecule has 156 valence electrons. The highest BCUT2D eigenvalue weighted by atomic mass is 32.2. The highest BCUT2D eigenvalue weighted by molar-refractivity contribution is 7.88. The van der Waals surface area contributed by atoms with Gasteiger partial charge in [0.05, 0.1) is 5.56 Å². The van der Waals surface area contributed by atoms with E-state index < -0.39 is 26.8 Å².